The molecule has 1 aromatic rings. The first-order valence-corrected chi connectivity index (χ1v) is 5.29. The van der Waals surface area contributed by atoms with E-state index in [1.165, 1.54) is 0 Å². The second-order valence-electron chi connectivity index (χ2n) is 3.81. The first kappa shape index (κ1) is 12.5. The summed E-state index contributed by atoms with van der Waals surface area (Å²) in [5.74, 6) is 0.108. The molecule has 0 fully saturated rings. The van der Waals surface area contributed by atoms with Gasteiger partial charge in [0.25, 0.3) is 0 Å². The lowest BCUT2D eigenvalue weighted by molar-refractivity contribution is 0.0547. The van der Waals surface area contributed by atoms with Gasteiger partial charge in [-0.25, -0.2) is 0 Å². The van der Waals surface area contributed by atoms with Crippen LogP contribution < -0.4 is 5.73 Å². The van der Waals surface area contributed by atoms with Crippen molar-refractivity contribution in [2.45, 2.75) is 20.0 Å². The maximum absolute atomic E-state index is 8.49. The van der Waals surface area contributed by atoms with Crippen LogP contribution in [0.3, 0.4) is 0 Å². The van der Waals surface area contributed by atoms with Gasteiger partial charge in [-0.05, 0) is 12.5 Å². The maximum atomic E-state index is 8.49. The summed E-state index contributed by atoms with van der Waals surface area (Å²) in [5.41, 5.74) is 6.58. The molecule has 0 aromatic heterocycles. The van der Waals surface area contributed by atoms with Crippen LogP contribution in [0.5, 0.6) is 0 Å². The number of nitrogens with two attached hydrogens (primary N) is 1. The van der Waals surface area contributed by atoms with Crippen LogP contribution in [0.2, 0.25) is 0 Å². The van der Waals surface area contributed by atoms with E-state index in [0.29, 0.717) is 6.61 Å². The number of amidine groups is 1. The number of hydrogen-bond donors (Lipinski definition) is 2. The number of oxime groups is 1. The standard InChI is InChI=1S/C12H18N2O2/c1-9(12(13)14-15)8-16-10(2)11-6-4-3-5-7-11/h3-7,9-10,15H,8H2,1-2H3,(H2,13,14). The molecule has 0 bridgehead atoms. The largest absolute Gasteiger partial charge is 0.409 e. The highest BCUT2D eigenvalue weighted by Crippen LogP contribution is 2.16. The lowest BCUT2D eigenvalue weighted by atomic mass is 10.1. The minimum Gasteiger partial charge on any atom is -0.409 e. The predicted molar refractivity (Wildman–Crippen MR) is 63.4 cm³/mol. The monoisotopic (exact) mass is 222 g/mol. The van der Waals surface area contributed by atoms with E-state index in [4.69, 9.17) is 15.7 Å². The fraction of sp³-hybridized carbons (Fsp3) is 0.417. The van der Waals surface area contributed by atoms with Crippen molar-refractivity contribution in [1.82, 2.24) is 0 Å². The second kappa shape index (κ2) is 6.12. The number of benzene rings is 1. The highest BCUT2D eigenvalue weighted by molar-refractivity contribution is 5.81. The van der Waals surface area contributed by atoms with E-state index >= 15 is 0 Å². The molecule has 0 spiro atoms. The van der Waals surface area contributed by atoms with E-state index in [-0.39, 0.29) is 17.9 Å². The third-order valence-corrected chi connectivity index (χ3v) is 2.49. The average molecular weight is 222 g/mol. The molecule has 2 atom stereocenters. The third kappa shape index (κ3) is 3.55. The van der Waals surface area contributed by atoms with Crippen molar-refractivity contribution in [3.63, 3.8) is 0 Å². The molecule has 0 aliphatic rings. The van der Waals surface area contributed by atoms with Crippen molar-refractivity contribution in [3.05, 3.63) is 35.9 Å². The molecule has 4 nitrogen and oxygen atoms in total. The van der Waals surface area contributed by atoms with Gasteiger partial charge in [0.2, 0.25) is 0 Å². The number of rotatable bonds is 5. The number of nitrogens with zero attached hydrogens (tertiary/aromatic N) is 1. The van der Waals surface area contributed by atoms with Gasteiger partial charge < -0.3 is 15.7 Å². The van der Waals surface area contributed by atoms with Crippen LogP contribution in [0.4, 0.5) is 0 Å². The predicted octanol–water partition coefficient (Wildman–Crippen LogP) is 2.15. The molecule has 4 heteroatoms. The summed E-state index contributed by atoms with van der Waals surface area (Å²) in [6.07, 6.45) is 0.00939. The Hall–Kier alpha value is -1.55. The van der Waals surface area contributed by atoms with Gasteiger partial charge in [-0.15, -0.1) is 0 Å². The molecule has 88 valence electrons. The summed E-state index contributed by atoms with van der Waals surface area (Å²) in [7, 11) is 0. The van der Waals surface area contributed by atoms with Crippen molar-refractivity contribution >= 4 is 5.84 Å². The van der Waals surface area contributed by atoms with Gasteiger partial charge in [-0.3, -0.25) is 0 Å². The molecular weight excluding hydrogens is 204 g/mol. The molecule has 0 heterocycles. The Labute approximate surface area is 95.7 Å². The molecule has 0 radical (unpaired) electrons. The molecule has 1 rings (SSSR count). The van der Waals surface area contributed by atoms with E-state index < -0.39 is 0 Å². The Bertz CT molecular complexity index is 338. The van der Waals surface area contributed by atoms with Crippen LogP contribution >= 0.6 is 0 Å². The second-order valence-corrected chi connectivity index (χ2v) is 3.81. The third-order valence-electron chi connectivity index (χ3n) is 2.49. The van der Waals surface area contributed by atoms with E-state index in [2.05, 4.69) is 5.16 Å². The van der Waals surface area contributed by atoms with E-state index in [9.17, 15) is 0 Å². The molecule has 0 aliphatic heterocycles. The summed E-state index contributed by atoms with van der Waals surface area (Å²) in [6, 6.07) is 9.94. The lowest BCUT2D eigenvalue weighted by Gasteiger charge is -2.16. The van der Waals surface area contributed by atoms with Gasteiger partial charge in [-0.1, -0.05) is 42.4 Å². The summed E-state index contributed by atoms with van der Waals surface area (Å²) < 4.78 is 5.64. The Kier molecular flexibility index (Phi) is 4.79. The van der Waals surface area contributed by atoms with Gasteiger partial charge in [0.1, 0.15) is 5.84 Å². The van der Waals surface area contributed by atoms with Gasteiger partial charge in [-0.2, -0.15) is 0 Å². The van der Waals surface area contributed by atoms with Crippen molar-refractivity contribution in [2.24, 2.45) is 16.8 Å². The maximum Gasteiger partial charge on any atom is 0.144 e. The van der Waals surface area contributed by atoms with E-state index in [1.807, 2.05) is 44.2 Å². The van der Waals surface area contributed by atoms with Gasteiger partial charge in [0, 0.05) is 5.92 Å². The van der Waals surface area contributed by atoms with Crippen molar-refractivity contribution in [1.29, 1.82) is 0 Å². The molecule has 16 heavy (non-hydrogen) atoms. The van der Waals surface area contributed by atoms with Crippen LogP contribution in [0.15, 0.2) is 35.5 Å². The van der Waals surface area contributed by atoms with Crippen LogP contribution in [-0.4, -0.2) is 17.6 Å². The molecule has 0 amide bonds. The normalized spacial score (nSPS) is 15.8. The van der Waals surface area contributed by atoms with Crippen LogP contribution in [-0.2, 0) is 4.74 Å². The topological polar surface area (TPSA) is 67.8 Å². The summed E-state index contributed by atoms with van der Waals surface area (Å²) >= 11 is 0. The van der Waals surface area contributed by atoms with Crippen LogP contribution in [0, 0.1) is 5.92 Å². The molecule has 2 unspecified atom stereocenters. The first-order chi connectivity index (χ1) is 7.65. The highest BCUT2D eigenvalue weighted by atomic mass is 16.5. The number of hydrogen-bond acceptors (Lipinski definition) is 3. The molecule has 3 N–H and O–H groups in total. The molecule has 1 aromatic carbocycles. The zero-order valence-electron chi connectivity index (χ0n) is 9.63. The van der Waals surface area contributed by atoms with Crippen LogP contribution in [0.1, 0.15) is 25.5 Å². The SMILES string of the molecule is CC(COC(C)c1ccccc1)/C(N)=N/O. The van der Waals surface area contributed by atoms with E-state index in [0.717, 1.165) is 5.56 Å². The summed E-state index contributed by atoms with van der Waals surface area (Å²) in [6.45, 7) is 4.27. The fourth-order valence-corrected chi connectivity index (χ4v) is 1.29. The fourth-order valence-electron chi connectivity index (χ4n) is 1.29. The summed E-state index contributed by atoms with van der Waals surface area (Å²) in [5, 5.41) is 11.4. The number of ether oxygens (including phenoxy) is 1. The summed E-state index contributed by atoms with van der Waals surface area (Å²) in [4.78, 5) is 0. The van der Waals surface area contributed by atoms with Crippen LogP contribution in [0.25, 0.3) is 0 Å². The van der Waals surface area contributed by atoms with Crippen molar-refractivity contribution in [2.75, 3.05) is 6.61 Å². The minimum atomic E-state index is -0.0869. The van der Waals surface area contributed by atoms with E-state index in [1.54, 1.807) is 0 Å². The quantitative estimate of drug-likeness (QED) is 0.347. The van der Waals surface area contributed by atoms with Gasteiger partial charge in [0.15, 0.2) is 0 Å². The Morgan fingerprint density at radius 1 is 1.38 bits per heavy atom. The molecule has 0 aliphatic carbocycles. The molecular formula is C12H18N2O2. The zero-order valence-corrected chi connectivity index (χ0v) is 9.63. The first-order valence-electron chi connectivity index (χ1n) is 5.29. The lowest BCUT2D eigenvalue weighted by Crippen LogP contribution is -2.25. The van der Waals surface area contributed by atoms with Crippen molar-refractivity contribution < 1.29 is 9.94 Å². The van der Waals surface area contributed by atoms with Gasteiger partial charge in [0.05, 0.1) is 12.7 Å². The average Bonchev–Trinajstić information content (AvgIpc) is 2.35. The Morgan fingerprint density at radius 3 is 2.56 bits per heavy atom. The molecule has 0 saturated carbocycles. The smallest absolute Gasteiger partial charge is 0.144 e. The van der Waals surface area contributed by atoms with Gasteiger partial charge >= 0.3 is 0 Å². The Morgan fingerprint density at radius 2 is 2.00 bits per heavy atom. The highest BCUT2D eigenvalue weighted by Gasteiger charge is 2.11. The molecule has 0 saturated heterocycles. The zero-order chi connectivity index (χ0) is 12.0. The minimum absolute atomic E-state index is 0.00939. The van der Waals surface area contributed by atoms with Crippen molar-refractivity contribution in [3.8, 4) is 0 Å². The Balaban J connectivity index is 2.45.